The van der Waals surface area contributed by atoms with Crippen molar-refractivity contribution in [3.05, 3.63) is 0 Å². The van der Waals surface area contributed by atoms with Gasteiger partial charge in [0.2, 0.25) is 0 Å². The van der Waals surface area contributed by atoms with Crippen molar-refractivity contribution in [3.8, 4) is 0 Å². The Bertz CT molecular complexity index is 109. The molecule has 0 aromatic rings. The van der Waals surface area contributed by atoms with E-state index < -0.39 is 16.6 Å². The molecule has 0 radical (unpaired) electrons. The van der Waals surface area contributed by atoms with Gasteiger partial charge in [0.1, 0.15) is 0 Å². The molecule has 0 heterocycles. The lowest BCUT2D eigenvalue weighted by Crippen LogP contribution is -2.43. The quantitative estimate of drug-likeness (QED) is 0.441. The van der Waals surface area contributed by atoms with Crippen LogP contribution in [0.3, 0.4) is 0 Å². The number of alkyl halides is 1. The third-order valence-corrected chi connectivity index (χ3v) is 11.7. The lowest BCUT2D eigenvalue weighted by Gasteiger charge is -2.29. The zero-order chi connectivity index (χ0) is 8.41. The normalized spacial score (nSPS) is 13.8. The molecule has 0 spiro atoms. The Kier molecular flexibility index (Phi) is 4.10. The molecule has 0 bridgehead atoms. The van der Waals surface area contributed by atoms with Crippen LogP contribution in [0.15, 0.2) is 0 Å². The maximum absolute atomic E-state index is 6.04. The minimum atomic E-state index is -1.26. The van der Waals surface area contributed by atoms with Gasteiger partial charge in [-0.3, -0.25) is 0 Å². The van der Waals surface area contributed by atoms with Gasteiger partial charge in [-0.1, -0.05) is 22.6 Å². The largest absolute Gasteiger partial charge is 0.455 e. The van der Waals surface area contributed by atoms with Crippen LogP contribution >= 0.6 is 22.6 Å². The summed E-state index contributed by atoms with van der Waals surface area (Å²) in [6.07, 6.45) is 0. The van der Waals surface area contributed by atoms with Crippen molar-refractivity contribution in [3.63, 3.8) is 0 Å². The summed E-state index contributed by atoms with van der Waals surface area (Å²) in [6, 6.07) is 0. The predicted octanol–water partition coefficient (Wildman–Crippen LogP) is 3.02. The van der Waals surface area contributed by atoms with Crippen LogP contribution in [0.4, 0.5) is 0 Å². The van der Waals surface area contributed by atoms with Gasteiger partial charge in [0.25, 0.3) is 0 Å². The van der Waals surface area contributed by atoms with E-state index in [1.165, 1.54) is 4.05 Å². The molecule has 0 aromatic heterocycles. The first-order chi connectivity index (χ1) is 4.27. The molecule has 0 atom stereocenters. The highest BCUT2D eigenvalue weighted by molar-refractivity contribution is 14.1. The maximum atomic E-state index is 6.04. The van der Waals surface area contributed by atoms with E-state index in [1.54, 1.807) is 0 Å². The topological polar surface area (TPSA) is 9.23 Å². The van der Waals surface area contributed by atoms with Crippen LogP contribution < -0.4 is 0 Å². The maximum Gasteiger partial charge on any atom is 0.183 e. The molecule has 0 saturated carbocycles. The molecule has 0 unspecified atom stereocenters. The van der Waals surface area contributed by atoms with Crippen molar-refractivity contribution in [2.75, 3.05) is 4.05 Å². The summed E-state index contributed by atoms with van der Waals surface area (Å²) < 4.78 is 7.25. The van der Waals surface area contributed by atoms with Crippen LogP contribution in [0.2, 0.25) is 32.7 Å². The molecule has 1 nitrogen and oxygen atoms in total. The lowest BCUT2D eigenvalue weighted by molar-refractivity contribution is 0.559. The molecule has 0 aliphatic rings. The fraction of sp³-hybridized carbons (Fsp3) is 1.00. The van der Waals surface area contributed by atoms with Gasteiger partial charge >= 0.3 is 0 Å². The summed E-state index contributed by atoms with van der Waals surface area (Å²) in [4.78, 5) is 0. The Labute approximate surface area is 79.9 Å². The van der Waals surface area contributed by atoms with Crippen LogP contribution in [0, 0.1) is 0 Å². The van der Waals surface area contributed by atoms with Crippen molar-refractivity contribution >= 4 is 39.2 Å². The van der Waals surface area contributed by atoms with E-state index in [0.717, 1.165) is 0 Å². The van der Waals surface area contributed by atoms with Gasteiger partial charge in [-0.25, -0.2) is 0 Å². The summed E-state index contributed by atoms with van der Waals surface area (Å²) >= 11 is 2.43. The molecule has 0 aromatic carbocycles. The number of hydrogen-bond acceptors (Lipinski definition) is 1. The molecule has 62 valence electrons. The van der Waals surface area contributed by atoms with Crippen molar-refractivity contribution in [2.45, 2.75) is 32.7 Å². The smallest absolute Gasteiger partial charge is 0.183 e. The van der Waals surface area contributed by atoms with E-state index in [-0.39, 0.29) is 0 Å². The van der Waals surface area contributed by atoms with E-state index in [0.29, 0.717) is 0 Å². The van der Waals surface area contributed by atoms with Crippen LogP contribution in [0.1, 0.15) is 0 Å². The molecular formula is C6H17IOSi2. The minimum Gasteiger partial charge on any atom is -0.455 e. The van der Waals surface area contributed by atoms with Crippen molar-refractivity contribution in [2.24, 2.45) is 0 Å². The van der Waals surface area contributed by atoms with Crippen molar-refractivity contribution < 1.29 is 4.12 Å². The van der Waals surface area contributed by atoms with Gasteiger partial charge in [0, 0.05) is 4.05 Å². The van der Waals surface area contributed by atoms with Crippen molar-refractivity contribution in [1.29, 1.82) is 0 Å². The van der Waals surface area contributed by atoms with E-state index in [4.69, 9.17) is 4.12 Å². The lowest BCUT2D eigenvalue weighted by atomic mass is 11.8. The molecule has 0 N–H and O–H groups in total. The summed E-state index contributed by atoms with van der Waals surface area (Å²) in [6.45, 7) is 11.4. The summed E-state index contributed by atoms with van der Waals surface area (Å²) in [5, 5.41) is 0. The Morgan fingerprint density at radius 2 is 1.50 bits per heavy atom. The van der Waals surface area contributed by atoms with Gasteiger partial charge < -0.3 is 4.12 Å². The monoisotopic (exact) mass is 288 g/mol. The average Bonchev–Trinajstić information content (AvgIpc) is 1.60. The standard InChI is InChI=1S/C6H17IOSi2/c1-9(2,3)8-10(4,5)6-7/h6H2,1-5H3. The second-order valence-corrected chi connectivity index (χ2v) is 15.2. The van der Waals surface area contributed by atoms with Gasteiger partial charge in [-0.2, -0.15) is 0 Å². The highest BCUT2D eigenvalue weighted by Gasteiger charge is 2.27. The molecular weight excluding hydrogens is 271 g/mol. The molecule has 4 heteroatoms. The highest BCUT2D eigenvalue weighted by atomic mass is 127. The fourth-order valence-corrected chi connectivity index (χ4v) is 9.11. The van der Waals surface area contributed by atoms with Gasteiger partial charge in [-0.05, 0) is 32.7 Å². The summed E-state index contributed by atoms with van der Waals surface area (Å²) in [5.41, 5.74) is 0. The Morgan fingerprint density at radius 1 is 1.10 bits per heavy atom. The van der Waals surface area contributed by atoms with Crippen molar-refractivity contribution in [1.82, 2.24) is 0 Å². The summed E-state index contributed by atoms with van der Waals surface area (Å²) in [5.74, 6) is 0. The Hall–Kier alpha value is 1.12. The SMILES string of the molecule is C[Si](C)(C)O[Si](C)(C)CI. The number of halogens is 1. The van der Waals surface area contributed by atoms with Crippen LogP contribution in [-0.2, 0) is 4.12 Å². The zero-order valence-electron chi connectivity index (χ0n) is 7.49. The average molecular weight is 288 g/mol. The minimum absolute atomic E-state index is 1.20. The van der Waals surface area contributed by atoms with Gasteiger partial charge in [0.05, 0.1) is 0 Å². The van der Waals surface area contributed by atoms with E-state index in [1.807, 2.05) is 0 Å². The molecule has 0 aliphatic carbocycles. The first-order valence-electron chi connectivity index (χ1n) is 3.53. The van der Waals surface area contributed by atoms with E-state index >= 15 is 0 Å². The van der Waals surface area contributed by atoms with Gasteiger partial charge in [0.15, 0.2) is 16.6 Å². The zero-order valence-corrected chi connectivity index (χ0v) is 11.7. The molecule has 0 rings (SSSR count). The third kappa shape index (κ3) is 5.87. The number of rotatable bonds is 3. The fourth-order valence-electron chi connectivity index (χ4n) is 0.856. The third-order valence-electron chi connectivity index (χ3n) is 0.904. The molecule has 0 aliphatic heterocycles. The second kappa shape index (κ2) is 3.68. The first kappa shape index (κ1) is 11.1. The molecule has 0 saturated heterocycles. The summed E-state index contributed by atoms with van der Waals surface area (Å²) in [7, 11) is -2.52. The second-order valence-electron chi connectivity index (χ2n) is 4.11. The molecule has 0 amide bonds. The van der Waals surface area contributed by atoms with E-state index in [9.17, 15) is 0 Å². The van der Waals surface area contributed by atoms with Crippen LogP contribution in [0.5, 0.6) is 0 Å². The highest BCUT2D eigenvalue weighted by Crippen LogP contribution is 2.15. The molecule has 0 fully saturated rings. The first-order valence-corrected chi connectivity index (χ1v) is 11.6. The van der Waals surface area contributed by atoms with Crippen LogP contribution in [0.25, 0.3) is 0 Å². The van der Waals surface area contributed by atoms with Crippen LogP contribution in [-0.4, -0.2) is 20.7 Å². The predicted molar refractivity (Wildman–Crippen MR) is 60.8 cm³/mol. The molecule has 10 heavy (non-hydrogen) atoms. The Balaban J connectivity index is 3.89. The van der Waals surface area contributed by atoms with E-state index in [2.05, 4.69) is 55.3 Å². The number of hydrogen-bond donors (Lipinski definition) is 0. The Morgan fingerprint density at radius 3 is 1.60 bits per heavy atom. The van der Waals surface area contributed by atoms with Gasteiger partial charge in [-0.15, -0.1) is 0 Å².